The van der Waals surface area contributed by atoms with E-state index in [2.05, 4.69) is 50.6 Å². The Morgan fingerprint density at radius 1 is 1.29 bits per heavy atom. The second-order valence-corrected chi connectivity index (χ2v) is 7.14. The van der Waals surface area contributed by atoms with Crippen LogP contribution in [0, 0.1) is 24.2 Å². The molecule has 1 aromatic rings. The van der Waals surface area contributed by atoms with E-state index in [0.29, 0.717) is 24.0 Å². The van der Waals surface area contributed by atoms with Gasteiger partial charge < -0.3 is 4.90 Å². The van der Waals surface area contributed by atoms with Crippen molar-refractivity contribution in [2.75, 3.05) is 18.0 Å². The van der Waals surface area contributed by atoms with E-state index < -0.39 is 0 Å². The molecule has 0 bridgehead atoms. The monoisotopic (exact) mass is 308 g/mol. The quantitative estimate of drug-likeness (QED) is 0.768. The predicted octanol–water partition coefficient (Wildman–Crippen LogP) is 4.11. The Balaban J connectivity index is 3.28. The van der Waals surface area contributed by atoms with Gasteiger partial charge in [0.2, 0.25) is 0 Å². The van der Waals surface area contributed by atoms with Gasteiger partial charge in [-0.25, -0.2) is 9.97 Å². The Kier molecular flexibility index (Phi) is 5.98. The summed E-state index contributed by atoms with van der Waals surface area (Å²) in [5, 5.41) is 9.36. The molecule has 116 valence electrons. The van der Waals surface area contributed by atoms with Crippen molar-refractivity contribution < 1.29 is 0 Å². The van der Waals surface area contributed by atoms with Crippen LogP contribution in [0.3, 0.4) is 0 Å². The highest BCUT2D eigenvalue weighted by Crippen LogP contribution is 2.28. The van der Waals surface area contributed by atoms with E-state index in [1.165, 1.54) is 0 Å². The number of nitrogens with zero attached hydrogens (tertiary/aromatic N) is 4. The average molecular weight is 309 g/mol. The smallest absolute Gasteiger partial charge is 0.137 e. The van der Waals surface area contributed by atoms with Crippen LogP contribution in [-0.4, -0.2) is 23.1 Å². The lowest BCUT2D eigenvalue weighted by molar-refractivity contribution is 0.539. The largest absolute Gasteiger partial charge is 0.355 e. The molecule has 1 aromatic heterocycles. The maximum atomic E-state index is 8.87. The summed E-state index contributed by atoms with van der Waals surface area (Å²) in [5.41, 5.74) is 0.716. The van der Waals surface area contributed by atoms with Gasteiger partial charge in [0.15, 0.2) is 0 Å². The first-order chi connectivity index (χ1) is 9.66. The first-order valence-corrected chi connectivity index (χ1v) is 7.71. The first kappa shape index (κ1) is 17.7. The standard InChI is InChI=1S/C16H25ClN4/c1-11(2)10-21(9-7-8-18)14-12(3)13(17)19-15(20-14)16(4,5)6/h11H,7,9-10H2,1-6H3. The molecule has 0 spiro atoms. The lowest BCUT2D eigenvalue weighted by Gasteiger charge is -2.28. The van der Waals surface area contributed by atoms with Gasteiger partial charge in [-0.05, 0) is 12.8 Å². The molecule has 0 N–H and O–H groups in total. The molecule has 5 heteroatoms. The van der Waals surface area contributed by atoms with Crippen LogP contribution in [0.4, 0.5) is 5.82 Å². The summed E-state index contributed by atoms with van der Waals surface area (Å²) in [5.74, 6) is 2.07. The van der Waals surface area contributed by atoms with Crippen molar-refractivity contribution >= 4 is 17.4 Å². The molecule has 0 radical (unpaired) electrons. The first-order valence-electron chi connectivity index (χ1n) is 7.33. The molecule has 1 heterocycles. The zero-order valence-electron chi connectivity index (χ0n) is 13.9. The molecule has 0 aromatic carbocycles. The highest BCUT2D eigenvalue weighted by atomic mass is 35.5. The minimum absolute atomic E-state index is 0.162. The van der Waals surface area contributed by atoms with E-state index in [9.17, 15) is 0 Å². The molecule has 0 aliphatic heterocycles. The third-order valence-corrected chi connectivity index (χ3v) is 3.48. The summed E-state index contributed by atoms with van der Waals surface area (Å²) >= 11 is 6.30. The Hall–Kier alpha value is -1.34. The van der Waals surface area contributed by atoms with Gasteiger partial charge in [0, 0.05) is 24.1 Å². The van der Waals surface area contributed by atoms with E-state index in [1.54, 1.807) is 0 Å². The van der Waals surface area contributed by atoms with Crippen molar-refractivity contribution in [3.05, 3.63) is 16.5 Å². The molecule has 1 rings (SSSR count). The van der Waals surface area contributed by atoms with Crippen LogP contribution in [0.5, 0.6) is 0 Å². The summed E-state index contributed by atoms with van der Waals surface area (Å²) in [4.78, 5) is 11.3. The van der Waals surface area contributed by atoms with Crippen LogP contribution in [-0.2, 0) is 5.41 Å². The highest BCUT2D eigenvalue weighted by molar-refractivity contribution is 6.30. The fourth-order valence-corrected chi connectivity index (χ4v) is 2.20. The van der Waals surface area contributed by atoms with E-state index >= 15 is 0 Å². The number of rotatable bonds is 5. The highest BCUT2D eigenvalue weighted by Gasteiger charge is 2.23. The van der Waals surface area contributed by atoms with Crippen LogP contribution in [0.1, 0.15) is 52.4 Å². The van der Waals surface area contributed by atoms with E-state index in [-0.39, 0.29) is 5.41 Å². The van der Waals surface area contributed by atoms with Crippen LogP contribution < -0.4 is 4.90 Å². The molecule has 0 amide bonds. The molecule has 0 aliphatic carbocycles. The molecule has 0 saturated heterocycles. The molecule has 0 atom stereocenters. The second kappa shape index (κ2) is 7.09. The van der Waals surface area contributed by atoms with Gasteiger partial charge in [0.1, 0.15) is 16.8 Å². The molecule has 0 aliphatic rings. The van der Waals surface area contributed by atoms with Crippen LogP contribution >= 0.6 is 11.6 Å². The topological polar surface area (TPSA) is 52.8 Å². The minimum Gasteiger partial charge on any atom is -0.355 e. The maximum Gasteiger partial charge on any atom is 0.137 e. The molecule has 0 unspecified atom stereocenters. The maximum absolute atomic E-state index is 8.87. The van der Waals surface area contributed by atoms with Crippen LogP contribution in [0.25, 0.3) is 0 Å². The summed E-state index contributed by atoms with van der Waals surface area (Å²) in [6.07, 6.45) is 0.471. The Morgan fingerprint density at radius 3 is 2.38 bits per heavy atom. The molecule has 4 nitrogen and oxygen atoms in total. The Labute approximate surface area is 133 Å². The Morgan fingerprint density at radius 2 is 1.90 bits per heavy atom. The van der Waals surface area contributed by atoms with Gasteiger partial charge in [0.25, 0.3) is 0 Å². The summed E-state index contributed by atoms with van der Waals surface area (Å²) in [7, 11) is 0. The van der Waals surface area contributed by atoms with Crippen molar-refractivity contribution in [3.63, 3.8) is 0 Å². The zero-order chi connectivity index (χ0) is 16.2. The van der Waals surface area contributed by atoms with Gasteiger partial charge in [-0.3, -0.25) is 0 Å². The van der Waals surface area contributed by atoms with Gasteiger partial charge in [-0.1, -0.05) is 46.2 Å². The summed E-state index contributed by atoms with van der Waals surface area (Å²) in [6.45, 7) is 14.0. The number of anilines is 1. The van der Waals surface area contributed by atoms with E-state index in [4.69, 9.17) is 21.8 Å². The van der Waals surface area contributed by atoms with Gasteiger partial charge in [0.05, 0.1) is 12.5 Å². The lowest BCUT2D eigenvalue weighted by atomic mass is 9.95. The van der Waals surface area contributed by atoms with Crippen LogP contribution in [0.2, 0.25) is 5.15 Å². The Bertz CT molecular complexity index is 526. The summed E-state index contributed by atoms with van der Waals surface area (Å²) < 4.78 is 0. The average Bonchev–Trinajstić information content (AvgIpc) is 2.36. The third-order valence-electron chi connectivity index (χ3n) is 3.11. The van der Waals surface area contributed by atoms with Gasteiger partial charge >= 0.3 is 0 Å². The van der Waals surface area contributed by atoms with E-state index in [1.807, 2.05) is 6.92 Å². The zero-order valence-corrected chi connectivity index (χ0v) is 14.6. The normalized spacial score (nSPS) is 11.6. The molecule has 0 saturated carbocycles. The van der Waals surface area contributed by atoms with Gasteiger partial charge in [-0.15, -0.1) is 0 Å². The van der Waals surface area contributed by atoms with Crippen molar-refractivity contribution in [2.45, 2.75) is 53.4 Å². The SMILES string of the molecule is Cc1c(Cl)nc(C(C)(C)C)nc1N(CCC#N)CC(C)C. The minimum atomic E-state index is -0.162. The fraction of sp³-hybridized carbons (Fsp3) is 0.688. The fourth-order valence-electron chi connectivity index (χ4n) is 2.03. The number of nitriles is 1. The molecular formula is C16H25ClN4. The van der Waals surface area contributed by atoms with E-state index in [0.717, 1.165) is 23.8 Å². The molecule has 0 fully saturated rings. The van der Waals surface area contributed by atoms with Crippen molar-refractivity contribution in [3.8, 4) is 6.07 Å². The second-order valence-electron chi connectivity index (χ2n) is 6.78. The molecular weight excluding hydrogens is 284 g/mol. The van der Waals surface area contributed by atoms with Crippen molar-refractivity contribution in [1.29, 1.82) is 5.26 Å². The summed E-state index contributed by atoms with van der Waals surface area (Å²) in [6, 6.07) is 2.20. The number of hydrogen-bond donors (Lipinski definition) is 0. The molecule has 21 heavy (non-hydrogen) atoms. The number of halogens is 1. The number of aromatic nitrogens is 2. The lowest BCUT2D eigenvalue weighted by Crippen LogP contribution is -2.31. The predicted molar refractivity (Wildman–Crippen MR) is 87.8 cm³/mol. The van der Waals surface area contributed by atoms with Gasteiger partial charge in [-0.2, -0.15) is 5.26 Å². The van der Waals surface area contributed by atoms with Crippen molar-refractivity contribution in [1.82, 2.24) is 9.97 Å². The van der Waals surface area contributed by atoms with Crippen molar-refractivity contribution in [2.24, 2.45) is 5.92 Å². The van der Waals surface area contributed by atoms with Crippen LogP contribution in [0.15, 0.2) is 0 Å². The third kappa shape index (κ3) is 4.86. The number of hydrogen-bond acceptors (Lipinski definition) is 4.